The highest BCUT2D eigenvalue weighted by Crippen LogP contribution is 2.29. The van der Waals surface area contributed by atoms with Crippen molar-refractivity contribution in [2.45, 2.75) is 44.1 Å². The lowest BCUT2D eigenvalue weighted by Gasteiger charge is -2.32. The number of anilines is 1. The summed E-state index contributed by atoms with van der Waals surface area (Å²) in [7, 11) is 0. The molecule has 0 bridgehead atoms. The Bertz CT molecular complexity index is 408. The van der Waals surface area contributed by atoms with Crippen molar-refractivity contribution in [1.82, 2.24) is 0 Å². The largest absolute Gasteiger partial charge is 0.508 e. The van der Waals surface area contributed by atoms with Gasteiger partial charge in [-0.1, -0.05) is 19.3 Å². The fraction of sp³-hybridized carbons (Fsp3) is 0.500. The number of phenols is 1. The number of hydrogen-bond donors (Lipinski definition) is 3. The van der Waals surface area contributed by atoms with Gasteiger partial charge in [-0.3, -0.25) is 4.79 Å². The smallest absolute Gasteiger partial charge is 0.226 e. The third-order valence-electron chi connectivity index (χ3n) is 3.51. The van der Waals surface area contributed by atoms with Crippen LogP contribution in [0, 0.1) is 0 Å². The van der Waals surface area contributed by atoms with Crippen molar-refractivity contribution in [3.05, 3.63) is 24.3 Å². The lowest BCUT2D eigenvalue weighted by molar-refractivity contribution is -0.117. The van der Waals surface area contributed by atoms with Gasteiger partial charge in [-0.2, -0.15) is 0 Å². The maximum atomic E-state index is 11.9. The summed E-state index contributed by atoms with van der Waals surface area (Å²) in [4.78, 5) is 11.9. The van der Waals surface area contributed by atoms with Gasteiger partial charge in [0.05, 0.1) is 0 Å². The molecule has 4 N–H and O–H groups in total. The normalized spacial score (nSPS) is 18.3. The van der Waals surface area contributed by atoms with E-state index in [4.69, 9.17) is 10.8 Å². The summed E-state index contributed by atoms with van der Waals surface area (Å²) in [6.07, 6.45) is 5.67. The van der Waals surface area contributed by atoms with Crippen molar-refractivity contribution < 1.29 is 9.90 Å². The van der Waals surface area contributed by atoms with Crippen LogP contribution in [-0.2, 0) is 4.79 Å². The number of aromatic hydroxyl groups is 1. The Morgan fingerprint density at radius 3 is 2.44 bits per heavy atom. The van der Waals surface area contributed by atoms with Crippen LogP contribution < -0.4 is 11.1 Å². The third-order valence-corrected chi connectivity index (χ3v) is 3.51. The molecule has 0 radical (unpaired) electrons. The zero-order chi connectivity index (χ0) is 13.0. The lowest BCUT2D eigenvalue weighted by atomic mass is 9.80. The van der Waals surface area contributed by atoms with Gasteiger partial charge in [-0.05, 0) is 37.1 Å². The summed E-state index contributed by atoms with van der Waals surface area (Å²) in [5, 5.41) is 12.0. The van der Waals surface area contributed by atoms with Crippen molar-refractivity contribution in [3.8, 4) is 5.75 Å². The highest BCUT2D eigenvalue weighted by molar-refractivity contribution is 5.91. The van der Waals surface area contributed by atoms with Crippen molar-refractivity contribution in [2.24, 2.45) is 5.73 Å². The zero-order valence-electron chi connectivity index (χ0n) is 10.5. The Labute approximate surface area is 107 Å². The lowest BCUT2D eigenvalue weighted by Crippen LogP contribution is -2.44. The molecule has 0 atom stereocenters. The van der Waals surface area contributed by atoms with E-state index in [0.717, 1.165) is 25.7 Å². The highest BCUT2D eigenvalue weighted by atomic mass is 16.3. The molecule has 1 aliphatic rings. The van der Waals surface area contributed by atoms with Crippen LogP contribution in [0.1, 0.15) is 38.5 Å². The van der Waals surface area contributed by atoms with Gasteiger partial charge in [0, 0.05) is 17.6 Å². The Balaban J connectivity index is 1.90. The number of hydrogen-bond acceptors (Lipinski definition) is 3. The van der Waals surface area contributed by atoms with E-state index in [2.05, 4.69) is 5.32 Å². The van der Waals surface area contributed by atoms with Crippen molar-refractivity contribution >= 4 is 11.6 Å². The summed E-state index contributed by atoms with van der Waals surface area (Å²) in [6.45, 7) is 0. The molecule has 1 amide bonds. The van der Waals surface area contributed by atoms with E-state index in [-0.39, 0.29) is 17.2 Å². The second-order valence-corrected chi connectivity index (χ2v) is 5.19. The second kappa shape index (κ2) is 5.40. The highest BCUT2D eigenvalue weighted by Gasteiger charge is 2.29. The molecule has 0 saturated heterocycles. The Hall–Kier alpha value is -1.55. The van der Waals surface area contributed by atoms with Crippen LogP contribution >= 0.6 is 0 Å². The molecule has 18 heavy (non-hydrogen) atoms. The van der Waals surface area contributed by atoms with Gasteiger partial charge >= 0.3 is 0 Å². The van der Waals surface area contributed by atoms with E-state index in [1.54, 1.807) is 24.3 Å². The molecule has 1 saturated carbocycles. The molecule has 1 aliphatic carbocycles. The van der Waals surface area contributed by atoms with E-state index in [0.29, 0.717) is 12.1 Å². The molecular weight excluding hydrogens is 228 g/mol. The SMILES string of the molecule is NC1(CC(=O)Nc2ccc(O)cc2)CCCCC1. The van der Waals surface area contributed by atoms with Gasteiger partial charge in [-0.15, -0.1) is 0 Å². The molecule has 4 nitrogen and oxygen atoms in total. The number of nitrogens with one attached hydrogen (secondary N) is 1. The average molecular weight is 248 g/mol. The Morgan fingerprint density at radius 1 is 1.22 bits per heavy atom. The standard InChI is InChI=1S/C14H20N2O2/c15-14(8-2-1-3-9-14)10-13(18)16-11-4-6-12(17)7-5-11/h4-7,17H,1-3,8-10,15H2,(H,16,18). The minimum absolute atomic E-state index is 0.0508. The predicted octanol–water partition coefficient (Wildman–Crippen LogP) is 2.38. The molecule has 0 aromatic heterocycles. The monoisotopic (exact) mass is 248 g/mol. The summed E-state index contributed by atoms with van der Waals surface area (Å²) in [5.74, 6) is 0.140. The first-order valence-corrected chi connectivity index (χ1v) is 6.45. The first kappa shape index (κ1) is 12.9. The van der Waals surface area contributed by atoms with E-state index in [1.807, 2.05) is 0 Å². The summed E-state index contributed by atoms with van der Waals surface area (Å²) in [5.41, 5.74) is 6.59. The molecule has 2 rings (SSSR count). The van der Waals surface area contributed by atoms with Crippen LogP contribution in [0.4, 0.5) is 5.69 Å². The van der Waals surface area contributed by atoms with E-state index >= 15 is 0 Å². The van der Waals surface area contributed by atoms with Gasteiger partial charge in [0.25, 0.3) is 0 Å². The molecule has 0 unspecified atom stereocenters. The minimum Gasteiger partial charge on any atom is -0.508 e. The van der Waals surface area contributed by atoms with Crippen molar-refractivity contribution in [2.75, 3.05) is 5.32 Å². The molecule has 1 aromatic rings. The van der Waals surface area contributed by atoms with Crippen LogP contribution in [0.5, 0.6) is 5.75 Å². The number of amides is 1. The molecule has 0 spiro atoms. The van der Waals surface area contributed by atoms with Crippen LogP contribution in [-0.4, -0.2) is 16.6 Å². The maximum absolute atomic E-state index is 11.9. The quantitative estimate of drug-likeness (QED) is 0.719. The van der Waals surface area contributed by atoms with Gasteiger partial charge in [0.2, 0.25) is 5.91 Å². The zero-order valence-corrected chi connectivity index (χ0v) is 10.5. The fourth-order valence-corrected chi connectivity index (χ4v) is 2.50. The first-order valence-electron chi connectivity index (χ1n) is 6.45. The number of carbonyl (C=O) groups excluding carboxylic acids is 1. The van der Waals surface area contributed by atoms with Crippen LogP contribution in [0.2, 0.25) is 0 Å². The number of carbonyl (C=O) groups is 1. The topological polar surface area (TPSA) is 75.4 Å². The second-order valence-electron chi connectivity index (χ2n) is 5.19. The maximum Gasteiger partial charge on any atom is 0.226 e. The molecule has 1 fully saturated rings. The fourth-order valence-electron chi connectivity index (χ4n) is 2.50. The number of rotatable bonds is 3. The summed E-state index contributed by atoms with van der Waals surface area (Å²) < 4.78 is 0. The van der Waals surface area contributed by atoms with E-state index in [1.165, 1.54) is 6.42 Å². The molecule has 0 aliphatic heterocycles. The summed E-state index contributed by atoms with van der Waals surface area (Å²) in [6, 6.07) is 6.46. The van der Waals surface area contributed by atoms with Gasteiger partial charge < -0.3 is 16.2 Å². The average Bonchev–Trinajstić information content (AvgIpc) is 2.32. The minimum atomic E-state index is -0.334. The van der Waals surface area contributed by atoms with E-state index in [9.17, 15) is 4.79 Å². The van der Waals surface area contributed by atoms with Crippen molar-refractivity contribution in [1.29, 1.82) is 0 Å². The van der Waals surface area contributed by atoms with Crippen LogP contribution in [0.15, 0.2) is 24.3 Å². The van der Waals surface area contributed by atoms with Crippen molar-refractivity contribution in [3.63, 3.8) is 0 Å². The van der Waals surface area contributed by atoms with Crippen LogP contribution in [0.25, 0.3) is 0 Å². The van der Waals surface area contributed by atoms with Gasteiger partial charge in [0.1, 0.15) is 5.75 Å². The number of nitrogens with two attached hydrogens (primary N) is 1. The Kier molecular flexibility index (Phi) is 3.87. The number of benzene rings is 1. The number of phenolic OH excluding ortho intramolecular Hbond substituents is 1. The van der Waals surface area contributed by atoms with Crippen LogP contribution in [0.3, 0.4) is 0 Å². The molecule has 1 aromatic carbocycles. The van der Waals surface area contributed by atoms with E-state index < -0.39 is 0 Å². The molecule has 98 valence electrons. The first-order chi connectivity index (χ1) is 8.57. The molecular formula is C14H20N2O2. The molecule has 0 heterocycles. The summed E-state index contributed by atoms with van der Waals surface area (Å²) >= 11 is 0. The third kappa shape index (κ3) is 3.47. The van der Waals surface area contributed by atoms with Gasteiger partial charge in [0.15, 0.2) is 0 Å². The van der Waals surface area contributed by atoms with Gasteiger partial charge in [-0.25, -0.2) is 0 Å². The molecule has 4 heteroatoms. The Morgan fingerprint density at radius 2 is 1.83 bits per heavy atom. The predicted molar refractivity (Wildman–Crippen MR) is 71.4 cm³/mol.